The molecule has 9 nitrogen and oxygen atoms in total. The second-order valence-electron chi connectivity index (χ2n) is 11.1. The van der Waals surface area contributed by atoms with E-state index in [0.29, 0.717) is 24.2 Å². The number of hydrogen-bond donors (Lipinski definition) is 0. The molecular weight excluding hydrogens is 588 g/mol. The summed E-state index contributed by atoms with van der Waals surface area (Å²) in [6, 6.07) is 7.31. The lowest BCUT2D eigenvalue weighted by Crippen LogP contribution is -2.57. The Morgan fingerprint density at radius 2 is 1.88 bits per heavy atom. The zero-order valence-electron chi connectivity index (χ0n) is 23.1. The minimum Gasteiger partial charge on any atom is -0.292 e. The molecule has 1 aliphatic carbocycles. The topological polar surface area (TPSA) is 103 Å². The molecule has 1 fully saturated rings. The van der Waals surface area contributed by atoms with Crippen molar-refractivity contribution in [2.45, 2.75) is 50.2 Å². The van der Waals surface area contributed by atoms with Crippen LogP contribution in [0.2, 0.25) is 0 Å². The molecule has 0 bridgehead atoms. The van der Waals surface area contributed by atoms with Crippen LogP contribution in [0.3, 0.4) is 0 Å². The number of carbonyl (C=O) groups excluding carboxylic acids is 1. The molecule has 2 unspecified atom stereocenters. The first-order chi connectivity index (χ1) is 20.4. The Kier molecular flexibility index (Phi) is 7.24. The number of aryl methyl sites for hydroxylation is 1. The summed E-state index contributed by atoms with van der Waals surface area (Å²) >= 11 is 0. The molecule has 4 heterocycles. The number of ketones is 1. The molecule has 3 aromatic heterocycles. The highest BCUT2D eigenvalue weighted by Crippen LogP contribution is 2.48. The maximum Gasteiger partial charge on any atom is 0.416 e. The minimum atomic E-state index is -4.69. The van der Waals surface area contributed by atoms with E-state index in [0.717, 1.165) is 30.4 Å². The molecule has 0 N–H and O–H groups in total. The molecule has 0 saturated carbocycles. The number of sulfonamides is 1. The summed E-state index contributed by atoms with van der Waals surface area (Å²) in [6.07, 6.45) is 1.94. The Hall–Kier alpha value is -3.91. The van der Waals surface area contributed by atoms with Gasteiger partial charge >= 0.3 is 6.18 Å². The molecule has 226 valence electrons. The van der Waals surface area contributed by atoms with E-state index in [1.54, 1.807) is 23.0 Å². The molecule has 0 amide bonds. The van der Waals surface area contributed by atoms with Crippen molar-refractivity contribution in [3.8, 4) is 5.69 Å². The van der Waals surface area contributed by atoms with Gasteiger partial charge in [0.15, 0.2) is 5.78 Å². The molecule has 0 spiro atoms. The second-order valence-corrected chi connectivity index (χ2v) is 13.0. The molecule has 14 heteroatoms. The van der Waals surface area contributed by atoms with Crippen molar-refractivity contribution >= 4 is 15.8 Å². The zero-order valence-corrected chi connectivity index (χ0v) is 23.9. The van der Waals surface area contributed by atoms with Crippen LogP contribution in [-0.4, -0.2) is 56.1 Å². The van der Waals surface area contributed by atoms with Crippen LogP contribution in [0.1, 0.15) is 47.1 Å². The maximum absolute atomic E-state index is 14.3. The SMILES string of the molecule is CCCn1cc(S(=O)(=O)N2CCC3Cc4c(cnn4-c4ccc(F)cc4)CC3(C(=O)c3cc(C(F)(F)F)ccn3)C2)cn1. The van der Waals surface area contributed by atoms with Crippen LogP contribution in [0.25, 0.3) is 5.69 Å². The van der Waals surface area contributed by atoms with Gasteiger partial charge in [-0.05, 0) is 73.6 Å². The fraction of sp³-hybridized carbons (Fsp3) is 0.379. The van der Waals surface area contributed by atoms with Gasteiger partial charge < -0.3 is 0 Å². The van der Waals surface area contributed by atoms with Crippen molar-refractivity contribution in [2.24, 2.45) is 11.3 Å². The van der Waals surface area contributed by atoms with Gasteiger partial charge in [0.1, 0.15) is 16.4 Å². The fourth-order valence-corrected chi connectivity index (χ4v) is 7.73. The van der Waals surface area contributed by atoms with Crippen LogP contribution >= 0.6 is 0 Å². The van der Waals surface area contributed by atoms with Crippen LogP contribution in [0.4, 0.5) is 17.6 Å². The Bertz CT molecular complexity index is 1780. The lowest BCUT2D eigenvalue weighted by atomic mass is 9.60. The van der Waals surface area contributed by atoms with Crippen molar-refractivity contribution in [1.29, 1.82) is 0 Å². The summed E-state index contributed by atoms with van der Waals surface area (Å²) in [6.45, 7) is 2.34. The predicted octanol–water partition coefficient (Wildman–Crippen LogP) is 4.71. The van der Waals surface area contributed by atoms with Crippen LogP contribution in [0.5, 0.6) is 0 Å². The average molecular weight is 617 g/mol. The van der Waals surface area contributed by atoms with Crippen molar-refractivity contribution in [3.05, 3.63) is 89.5 Å². The van der Waals surface area contributed by atoms with E-state index in [4.69, 9.17) is 0 Å². The number of fused-ring (bicyclic) bond motifs is 2. The number of halogens is 4. The summed E-state index contributed by atoms with van der Waals surface area (Å²) < 4.78 is 86.3. The Labute approximate surface area is 245 Å². The van der Waals surface area contributed by atoms with Crippen LogP contribution in [-0.2, 0) is 35.6 Å². The summed E-state index contributed by atoms with van der Waals surface area (Å²) in [7, 11) is -4.07. The van der Waals surface area contributed by atoms with E-state index in [9.17, 15) is 30.8 Å². The van der Waals surface area contributed by atoms with Gasteiger partial charge in [-0.1, -0.05) is 6.92 Å². The molecule has 6 rings (SSSR count). The monoisotopic (exact) mass is 616 g/mol. The van der Waals surface area contributed by atoms with Gasteiger partial charge in [0.05, 0.1) is 29.1 Å². The zero-order chi connectivity index (χ0) is 30.6. The van der Waals surface area contributed by atoms with Gasteiger partial charge in [0.2, 0.25) is 10.0 Å². The van der Waals surface area contributed by atoms with Crippen molar-refractivity contribution in [2.75, 3.05) is 13.1 Å². The van der Waals surface area contributed by atoms with Gasteiger partial charge in [0.25, 0.3) is 0 Å². The largest absolute Gasteiger partial charge is 0.416 e. The first kappa shape index (κ1) is 29.2. The van der Waals surface area contributed by atoms with Crippen LogP contribution in [0.15, 0.2) is 66.1 Å². The highest BCUT2D eigenvalue weighted by Gasteiger charge is 2.55. The Balaban J connectivity index is 1.42. The Morgan fingerprint density at radius 3 is 2.60 bits per heavy atom. The Morgan fingerprint density at radius 1 is 1.12 bits per heavy atom. The van der Waals surface area contributed by atoms with E-state index in [1.807, 2.05) is 6.92 Å². The number of hydrogen-bond acceptors (Lipinski definition) is 6. The lowest BCUT2D eigenvalue weighted by Gasteiger charge is -2.49. The van der Waals surface area contributed by atoms with Gasteiger partial charge in [-0.25, -0.2) is 17.5 Å². The number of alkyl halides is 3. The lowest BCUT2D eigenvalue weighted by molar-refractivity contribution is -0.137. The molecular formula is C29H28F4N6O3S. The molecule has 1 aliphatic heterocycles. The third-order valence-corrected chi connectivity index (χ3v) is 10.2. The molecule has 2 aliphatic rings. The van der Waals surface area contributed by atoms with Crippen LogP contribution < -0.4 is 0 Å². The number of pyridine rings is 1. The van der Waals surface area contributed by atoms with Crippen molar-refractivity contribution < 1.29 is 30.8 Å². The van der Waals surface area contributed by atoms with E-state index in [-0.39, 0.29) is 36.5 Å². The first-order valence-corrected chi connectivity index (χ1v) is 15.3. The number of aromatic nitrogens is 5. The minimum absolute atomic E-state index is 0.0141. The number of carbonyl (C=O) groups is 1. The molecule has 1 aromatic carbocycles. The number of benzene rings is 1. The van der Waals surface area contributed by atoms with Gasteiger partial charge in [-0.15, -0.1) is 0 Å². The summed E-state index contributed by atoms with van der Waals surface area (Å²) in [4.78, 5) is 18.3. The molecule has 43 heavy (non-hydrogen) atoms. The van der Waals surface area contributed by atoms with E-state index in [1.165, 1.54) is 33.5 Å². The summed E-state index contributed by atoms with van der Waals surface area (Å²) in [5.74, 6) is -1.48. The third-order valence-electron chi connectivity index (χ3n) is 8.41. The standard InChI is InChI=1S/C29H28F4N6O3S/c1-2-10-37-17-24(16-35-37)43(41,42)38-11-8-20-13-26-19(15-36-39(26)23-5-3-22(30)4-6-23)14-28(20,18-38)27(40)25-12-21(7-9-34-25)29(31,32)33/h3-7,9,12,15-17,20H,2,8,10-11,13-14,18H2,1H3. The number of piperidine rings is 1. The van der Waals surface area contributed by atoms with Crippen molar-refractivity contribution in [3.63, 3.8) is 0 Å². The molecule has 0 radical (unpaired) electrons. The highest BCUT2D eigenvalue weighted by molar-refractivity contribution is 7.89. The first-order valence-electron chi connectivity index (χ1n) is 13.8. The smallest absolute Gasteiger partial charge is 0.292 e. The summed E-state index contributed by atoms with van der Waals surface area (Å²) in [5, 5.41) is 8.62. The number of Topliss-reactive ketones (excluding diaryl/α,β-unsaturated/α-hetero) is 1. The highest BCUT2D eigenvalue weighted by atomic mass is 32.2. The number of nitrogens with zero attached hydrogens (tertiary/aromatic N) is 6. The second kappa shape index (κ2) is 10.7. The van der Waals surface area contributed by atoms with E-state index >= 15 is 0 Å². The number of rotatable bonds is 7. The predicted molar refractivity (Wildman–Crippen MR) is 146 cm³/mol. The van der Waals surface area contributed by atoms with Gasteiger partial charge in [-0.3, -0.25) is 14.5 Å². The fourth-order valence-electron chi connectivity index (χ4n) is 6.25. The third kappa shape index (κ3) is 5.16. The molecule has 1 saturated heterocycles. The van der Waals surface area contributed by atoms with Crippen LogP contribution in [0, 0.1) is 17.2 Å². The van der Waals surface area contributed by atoms with Gasteiger partial charge in [-0.2, -0.15) is 27.7 Å². The molecule has 4 aromatic rings. The van der Waals surface area contributed by atoms with E-state index in [2.05, 4.69) is 15.2 Å². The van der Waals surface area contributed by atoms with Gasteiger partial charge in [0, 0.05) is 37.7 Å². The van der Waals surface area contributed by atoms with Crippen molar-refractivity contribution in [1.82, 2.24) is 28.9 Å². The van der Waals surface area contributed by atoms with E-state index < -0.39 is 44.7 Å². The summed E-state index contributed by atoms with van der Waals surface area (Å²) in [5.41, 5.74) is -0.714. The normalized spacial score (nSPS) is 20.9. The average Bonchev–Trinajstić information content (AvgIpc) is 3.63. The quantitative estimate of drug-likeness (QED) is 0.220. The molecule has 2 atom stereocenters. The maximum atomic E-state index is 14.3.